The Morgan fingerprint density at radius 1 is 1.20 bits per heavy atom. The Labute approximate surface area is 210 Å². The molecule has 0 unspecified atom stereocenters. The molecule has 1 atom stereocenters. The fraction of sp³-hybridized carbons (Fsp3) is 0.375. The summed E-state index contributed by atoms with van der Waals surface area (Å²) in [6.45, 7) is 8.22. The molecule has 188 valence electrons. The summed E-state index contributed by atoms with van der Waals surface area (Å²) in [6, 6.07) is 7.35. The minimum absolute atomic E-state index is 0.00243. The van der Waals surface area contributed by atoms with Crippen LogP contribution < -0.4 is 10.0 Å². The lowest BCUT2D eigenvalue weighted by Crippen LogP contribution is -2.42. The molecule has 35 heavy (non-hydrogen) atoms. The highest BCUT2D eigenvalue weighted by atomic mass is 35.5. The summed E-state index contributed by atoms with van der Waals surface area (Å²) in [4.78, 5) is 17.6. The van der Waals surface area contributed by atoms with Gasteiger partial charge in [0.15, 0.2) is 5.69 Å². The number of pyridine rings is 1. The Morgan fingerprint density at radius 2 is 1.86 bits per heavy atom. The average Bonchev–Trinajstić information content (AvgIpc) is 3.09. The maximum absolute atomic E-state index is 13.4. The quantitative estimate of drug-likeness (QED) is 0.459. The number of carbonyl (C=O) groups excluding carboxylic acids is 1. The Kier molecular flexibility index (Phi) is 7.88. The van der Waals surface area contributed by atoms with Crippen LogP contribution in [0, 0.1) is 5.41 Å². The third-order valence-electron chi connectivity index (χ3n) is 5.65. The van der Waals surface area contributed by atoms with E-state index in [9.17, 15) is 13.2 Å². The largest absolute Gasteiger partial charge is 0.380 e. The molecule has 0 aliphatic rings. The average molecular weight is 520 g/mol. The van der Waals surface area contributed by atoms with Gasteiger partial charge in [-0.2, -0.15) is 5.10 Å². The zero-order valence-electron chi connectivity index (χ0n) is 20.6. The van der Waals surface area contributed by atoms with Gasteiger partial charge < -0.3 is 10.1 Å². The van der Waals surface area contributed by atoms with Gasteiger partial charge in [0, 0.05) is 43.2 Å². The highest BCUT2D eigenvalue weighted by molar-refractivity contribution is 7.92. The van der Waals surface area contributed by atoms with E-state index in [1.807, 2.05) is 27.7 Å². The van der Waals surface area contributed by atoms with Crippen LogP contribution in [0.4, 0.5) is 5.69 Å². The van der Waals surface area contributed by atoms with Crippen molar-refractivity contribution in [2.45, 2.75) is 45.2 Å². The second kappa shape index (κ2) is 10.3. The number of carbonyl (C=O) groups is 1. The summed E-state index contributed by atoms with van der Waals surface area (Å²) < 4.78 is 35.7. The monoisotopic (exact) mass is 519 g/mol. The smallest absolute Gasteiger partial charge is 0.271 e. The number of benzene rings is 1. The number of anilines is 1. The molecule has 2 N–H and O–H groups in total. The Morgan fingerprint density at radius 3 is 2.46 bits per heavy atom. The molecule has 0 bridgehead atoms. The molecule has 2 aromatic heterocycles. The van der Waals surface area contributed by atoms with Crippen molar-refractivity contribution >= 4 is 33.2 Å². The van der Waals surface area contributed by atoms with Crippen LogP contribution in [0.15, 0.2) is 47.6 Å². The third-order valence-corrected chi connectivity index (χ3v) is 7.27. The van der Waals surface area contributed by atoms with Gasteiger partial charge in [-0.1, -0.05) is 32.4 Å². The van der Waals surface area contributed by atoms with Crippen LogP contribution in [0.3, 0.4) is 0 Å². The van der Waals surface area contributed by atoms with Crippen LogP contribution in [0.2, 0.25) is 5.02 Å². The van der Waals surface area contributed by atoms with Gasteiger partial charge in [-0.3, -0.25) is 19.2 Å². The van der Waals surface area contributed by atoms with E-state index in [-0.39, 0.29) is 33.4 Å². The first kappa shape index (κ1) is 26.7. The lowest BCUT2D eigenvalue weighted by Gasteiger charge is -2.28. The minimum Gasteiger partial charge on any atom is -0.380 e. The molecule has 0 saturated carbocycles. The van der Waals surface area contributed by atoms with E-state index in [1.165, 1.54) is 28.9 Å². The van der Waals surface area contributed by atoms with Gasteiger partial charge in [-0.25, -0.2) is 8.42 Å². The molecule has 3 aromatic rings. The van der Waals surface area contributed by atoms with E-state index >= 15 is 0 Å². The third kappa shape index (κ3) is 6.19. The van der Waals surface area contributed by atoms with E-state index in [0.29, 0.717) is 17.2 Å². The number of halogens is 1. The highest BCUT2D eigenvalue weighted by Gasteiger charge is 2.30. The maximum atomic E-state index is 13.4. The van der Waals surface area contributed by atoms with E-state index in [4.69, 9.17) is 16.3 Å². The number of sulfonamides is 1. The first-order chi connectivity index (χ1) is 16.3. The second-order valence-corrected chi connectivity index (χ2v) is 11.5. The SMILES string of the molecule is COCc1cncc(-c2nn(C)c(C(=O)N[C@@H](C)C(C)(C)C)c2NS(=O)(=O)c2ccc(Cl)cc2)c1. The van der Waals surface area contributed by atoms with Crippen molar-refractivity contribution in [1.29, 1.82) is 0 Å². The summed E-state index contributed by atoms with van der Waals surface area (Å²) in [5.41, 5.74) is 1.49. The summed E-state index contributed by atoms with van der Waals surface area (Å²) in [5, 5.41) is 7.86. The van der Waals surface area contributed by atoms with Crippen LogP contribution in [0.1, 0.15) is 43.7 Å². The van der Waals surface area contributed by atoms with Crippen LogP contribution >= 0.6 is 11.6 Å². The van der Waals surface area contributed by atoms with Crippen molar-refractivity contribution in [3.63, 3.8) is 0 Å². The second-order valence-electron chi connectivity index (χ2n) is 9.33. The number of nitrogens with zero attached hydrogens (tertiary/aromatic N) is 3. The molecule has 0 radical (unpaired) electrons. The number of methoxy groups -OCH3 is 1. The van der Waals surface area contributed by atoms with Crippen molar-refractivity contribution in [3.05, 3.63) is 59.0 Å². The van der Waals surface area contributed by atoms with Crippen LogP contribution in [0.25, 0.3) is 11.3 Å². The normalized spacial score (nSPS) is 12.9. The van der Waals surface area contributed by atoms with Gasteiger partial charge in [0.25, 0.3) is 15.9 Å². The maximum Gasteiger partial charge on any atom is 0.271 e. The van der Waals surface area contributed by atoms with Crippen LogP contribution in [-0.4, -0.2) is 42.2 Å². The summed E-state index contributed by atoms with van der Waals surface area (Å²) >= 11 is 5.92. The lowest BCUT2D eigenvalue weighted by molar-refractivity contribution is 0.0901. The first-order valence-electron chi connectivity index (χ1n) is 10.9. The Balaban J connectivity index is 2.14. The Bertz CT molecular complexity index is 1310. The molecule has 0 aliphatic heterocycles. The molecule has 11 heteroatoms. The number of hydrogen-bond donors (Lipinski definition) is 2. The molecule has 0 spiro atoms. The van der Waals surface area contributed by atoms with Crippen LogP contribution in [-0.2, 0) is 28.4 Å². The zero-order chi connectivity index (χ0) is 26.0. The summed E-state index contributed by atoms with van der Waals surface area (Å²) in [5.74, 6) is -0.455. The van der Waals surface area contributed by atoms with Gasteiger partial charge in [0.05, 0.1) is 11.5 Å². The number of ether oxygens (including phenoxy) is 1. The van der Waals surface area contributed by atoms with E-state index in [2.05, 4.69) is 20.1 Å². The fourth-order valence-corrected chi connectivity index (χ4v) is 4.43. The number of amides is 1. The van der Waals surface area contributed by atoms with Crippen molar-refractivity contribution in [1.82, 2.24) is 20.1 Å². The molecule has 0 fully saturated rings. The molecule has 3 rings (SSSR count). The van der Waals surface area contributed by atoms with Crippen LogP contribution in [0.5, 0.6) is 0 Å². The van der Waals surface area contributed by atoms with Gasteiger partial charge >= 0.3 is 0 Å². The van der Waals surface area contributed by atoms with Gasteiger partial charge in [-0.05, 0) is 48.2 Å². The van der Waals surface area contributed by atoms with E-state index < -0.39 is 15.9 Å². The standard InChI is InChI=1S/C24H30ClN5O4S/c1-15(24(2,3)4)27-23(31)22-21(29-35(32,33)19-9-7-18(25)8-10-19)20(28-30(22)5)17-11-16(14-34-6)12-26-13-17/h7-13,15,29H,14H2,1-6H3,(H,27,31)/t15-/m0/s1. The van der Waals surface area contributed by atoms with Crippen molar-refractivity contribution in [2.24, 2.45) is 12.5 Å². The van der Waals surface area contributed by atoms with E-state index in [0.717, 1.165) is 5.56 Å². The van der Waals surface area contributed by atoms with Crippen molar-refractivity contribution in [2.75, 3.05) is 11.8 Å². The zero-order valence-corrected chi connectivity index (χ0v) is 22.2. The van der Waals surface area contributed by atoms with Gasteiger partial charge in [0.1, 0.15) is 11.4 Å². The molecular formula is C24H30ClN5O4S. The lowest BCUT2D eigenvalue weighted by atomic mass is 9.88. The summed E-state index contributed by atoms with van der Waals surface area (Å²) in [6.07, 6.45) is 3.20. The number of hydrogen-bond acceptors (Lipinski definition) is 6. The Hall–Kier alpha value is -2.95. The molecule has 2 heterocycles. The van der Waals surface area contributed by atoms with Crippen molar-refractivity contribution in [3.8, 4) is 11.3 Å². The van der Waals surface area contributed by atoms with Gasteiger partial charge in [0.2, 0.25) is 0 Å². The number of nitrogens with one attached hydrogen (secondary N) is 2. The molecule has 1 aromatic carbocycles. The number of aryl methyl sites for hydroxylation is 1. The molecule has 0 aliphatic carbocycles. The topological polar surface area (TPSA) is 115 Å². The van der Waals surface area contributed by atoms with E-state index in [1.54, 1.807) is 32.6 Å². The number of rotatable bonds is 8. The highest BCUT2D eigenvalue weighted by Crippen LogP contribution is 2.33. The first-order valence-corrected chi connectivity index (χ1v) is 12.8. The minimum atomic E-state index is -4.07. The molecule has 0 saturated heterocycles. The van der Waals surface area contributed by atoms with Gasteiger partial charge in [-0.15, -0.1) is 0 Å². The predicted molar refractivity (Wildman–Crippen MR) is 136 cm³/mol. The molecule has 9 nitrogen and oxygen atoms in total. The van der Waals surface area contributed by atoms with Crippen molar-refractivity contribution < 1.29 is 17.9 Å². The molecule has 1 amide bonds. The molecular weight excluding hydrogens is 490 g/mol. The summed E-state index contributed by atoms with van der Waals surface area (Å²) in [7, 11) is -0.910. The number of aromatic nitrogens is 3. The fourth-order valence-electron chi connectivity index (χ4n) is 3.23. The predicted octanol–water partition coefficient (Wildman–Crippen LogP) is 4.25.